The van der Waals surface area contributed by atoms with E-state index in [0.29, 0.717) is 49.7 Å². The van der Waals surface area contributed by atoms with Gasteiger partial charge in [0.2, 0.25) is 0 Å². The first-order valence-corrected chi connectivity index (χ1v) is 9.53. The van der Waals surface area contributed by atoms with Crippen LogP contribution in [0.2, 0.25) is 0 Å². The Morgan fingerprint density at radius 2 is 1.76 bits per heavy atom. The third kappa shape index (κ3) is 5.10. The van der Waals surface area contributed by atoms with Crippen molar-refractivity contribution in [3.05, 3.63) is 53.7 Å². The molecular formula is C21H24N4O4. The lowest BCUT2D eigenvalue weighted by atomic mass is 10.1. The minimum Gasteiger partial charge on any atom is -0.450 e. The molecule has 0 radical (unpaired) electrons. The Kier molecular flexibility index (Phi) is 6.43. The number of ketones is 1. The molecule has 1 aliphatic heterocycles. The number of hydrogen-bond acceptors (Lipinski definition) is 6. The van der Waals surface area contributed by atoms with Crippen molar-refractivity contribution in [3.63, 3.8) is 0 Å². The molecule has 8 nitrogen and oxygen atoms in total. The van der Waals surface area contributed by atoms with E-state index < -0.39 is 0 Å². The number of carbonyl (C=O) groups is 3. The van der Waals surface area contributed by atoms with Gasteiger partial charge in [-0.3, -0.25) is 9.59 Å². The molecule has 2 aromatic rings. The maximum Gasteiger partial charge on any atom is 0.409 e. The third-order valence-electron chi connectivity index (χ3n) is 4.64. The molecule has 2 heterocycles. The molecule has 1 aromatic carbocycles. The Morgan fingerprint density at radius 1 is 1.03 bits per heavy atom. The van der Waals surface area contributed by atoms with Crippen LogP contribution in [-0.2, 0) is 4.74 Å². The van der Waals surface area contributed by atoms with Crippen LogP contribution in [0.3, 0.4) is 0 Å². The van der Waals surface area contributed by atoms with Gasteiger partial charge in [0.1, 0.15) is 5.82 Å². The SMILES string of the molecule is CCOC(=O)N1CCN(C(=O)c2ccnc(Nc3cccc(C(C)=O)c3)c2)CC1. The van der Waals surface area contributed by atoms with Gasteiger partial charge in [-0.2, -0.15) is 0 Å². The molecule has 0 unspecified atom stereocenters. The van der Waals surface area contributed by atoms with E-state index >= 15 is 0 Å². The molecule has 29 heavy (non-hydrogen) atoms. The van der Waals surface area contributed by atoms with E-state index in [2.05, 4.69) is 10.3 Å². The number of benzene rings is 1. The molecule has 1 N–H and O–H groups in total. The molecule has 8 heteroatoms. The second kappa shape index (κ2) is 9.18. The normalized spacial score (nSPS) is 13.7. The minimum atomic E-state index is -0.345. The number of pyridine rings is 1. The Labute approximate surface area is 169 Å². The summed E-state index contributed by atoms with van der Waals surface area (Å²) in [6.07, 6.45) is 1.22. The standard InChI is InChI=1S/C21H24N4O4/c1-3-29-21(28)25-11-9-24(10-12-25)20(27)17-7-8-22-19(14-17)23-18-6-4-5-16(13-18)15(2)26/h4-8,13-14H,3,9-12H2,1-2H3,(H,22,23). The summed E-state index contributed by atoms with van der Waals surface area (Å²) >= 11 is 0. The van der Waals surface area contributed by atoms with Crippen LogP contribution in [0, 0.1) is 0 Å². The third-order valence-corrected chi connectivity index (χ3v) is 4.64. The summed E-state index contributed by atoms with van der Waals surface area (Å²) < 4.78 is 5.00. The van der Waals surface area contributed by atoms with Crippen molar-refractivity contribution in [2.24, 2.45) is 0 Å². The van der Waals surface area contributed by atoms with Crippen molar-refractivity contribution < 1.29 is 19.1 Å². The molecule has 0 atom stereocenters. The number of nitrogens with zero attached hydrogens (tertiary/aromatic N) is 3. The number of aromatic nitrogens is 1. The largest absolute Gasteiger partial charge is 0.450 e. The first-order valence-electron chi connectivity index (χ1n) is 9.53. The van der Waals surface area contributed by atoms with E-state index in [1.807, 2.05) is 6.07 Å². The number of ether oxygens (including phenoxy) is 1. The van der Waals surface area contributed by atoms with Gasteiger partial charge < -0.3 is 19.9 Å². The van der Waals surface area contributed by atoms with Crippen LogP contribution in [0.1, 0.15) is 34.6 Å². The maximum atomic E-state index is 12.8. The lowest BCUT2D eigenvalue weighted by molar-refractivity contribution is 0.0570. The molecule has 0 bridgehead atoms. The number of piperazine rings is 1. The summed E-state index contributed by atoms with van der Waals surface area (Å²) in [7, 11) is 0. The van der Waals surface area contributed by atoms with Gasteiger partial charge in [-0.25, -0.2) is 9.78 Å². The summed E-state index contributed by atoms with van der Waals surface area (Å²) in [4.78, 5) is 43.8. The van der Waals surface area contributed by atoms with Gasteiger partial charge in [-0.15, -0.1) is 0 Å². The average Bonchev–Trinajstić information content (AvgIpc) is 2.74. The lowest BCUT2D eigenvalue weighted by Crippen LogP contribution is -2.50. The number of carbonyl (C=O) groups excluding carboxylic acids is 3. The zero-order valence-electron chi connectivity index (χ0n) is 16.6. The van der Waals surface area contributed by atoms with E-state index in [1.165, 1.54) is 6.92 Å². The fourth-order valence-corrected chi connectivity index (χ4v) is 3.09. The smallest absolute Gasteiger partial charge is 0.409 e. The Balaban J connectivity index is 1.65. The molecule has 152 valence electrons. The van der Waals surface area contributed by atoms with Crippen LogP contribution in [0.4, 0.5) is 16.3 Å². The molecule has 1 aliphatic rings. The highest BCUT2D eigenvalue weighted by Gasteiger charge is 2.25. The summed E-state index contributed by atoms with van der Waals surface area (Å²) in [5.74, 6) is 0.380. The van der Waals surface area contributed by atoms with Gasteiger partial charge in [-0.1, -0.05) is 12.1 Å². The highest BCUT2D eigenvalue weighted by Crippen LogP contribution is 2.18. The van der Waals surface area contributed by atoms with Gasteiger partial charge in [0.25, 0.3) is 5.91 Å². The minimum absolute atomic E-state index is 0.0208. The fourth-order valence-electron chi connectivity index (χ4n) is 3.09. The van der Waals surface area contributed by atoms with E-state index in [-0.39, 0.29) is 17.8 Å². The van der Waals surface area contributed by atoms with Crippen molar-refractivity contribution in [2.75, 3.05) is 38.1 Å². The van der Waals surface area contributed by atoms with Gasteiger partial charge in [0, 0.05) is 49.2 Å². The van der Waals surface area contributed by atoms with Crippen molar-refractivity contribution in [1.29, 1.82) is 0 Å². The number of anilines is 2. The second-order valence-electron chi connectivity index (χ2n) is 6.67. The highest BCUT2D eigenvalue weighted by atomic mass is 16.6. The number of Topliss-reactive ketones (excluding diaryl/α,β-unsaturated/α-hetero) is 1. The van der Waals surface area contributed by atoms with Crippen molar-refractivity contribution in [3.8, 4) is 0 Å². The van der Waals surface area contributed by atoms with Crippen molar-refractivity contribution in [1.82, 2.24) is 14.8 Å². The summed E-state index contributed by atoms with van der Waals surface area (Å²) in [5, 5.41) is 3.13. The first kappa shape index (κ1) is 20.3. The van der Waals surface area contributed by atoms with E-state index in [9.17, 15) is 14.4 Å². The molecule has 0 saturated carbocycles. The van der Waals surface area contributed by atoms with Gasteiger partial charge >= 0.3 is 6.09 Å². The van der Waals surface area contributed by atoms with Crippen LogP contribution in [0.15, 0.2) is 42.6 Å². The van der Waals surface area contributed by atoms with Crippen LogP contribution in [0.5, 0.6) is 0 Å². The maximum absolute atomic E-state index is 12.8. The molecule has 3 rings (SSSR count). The van der Waals surface area contributed by atoms with E-state index in [4.69, 9.17) is 4.74 Å². The Hall–Kier alpha value is -3.42. The van der Waals surface area contributed by atoms with E-state index in [1.54, 1.807) is 53.3 Å². The highest BCUT2D eigenvalue weighted by molar-refractivity contribution is 5.96. The summed E-state index contributed by atoms with van der Waals surface area (Å²) in [6, 6.07) is 10.5. The first-order chi connectivity index (χ1) is 14.0. The molecule has 1 aromatic heterocycles. The zero-order chi connectivity index (χ0) is 20.8. The van der Waals surface area contributed by atoms with Crippen molar-refractivity contribution >= 4 is 29.3 Å². The molecule has 0 spiro atoms. The molecular weight excluding hydrogens is 372 g/mol. The average molecular weight is 396 g/mol. The quantitative estimate of drug-likeness (QED) is 0.782. The molecule has 1 saturated heterocycles. The molecule has 2 amide bonds. The predicted molar refractivity (Wildman–Crippen MR) is 108 cm³/mol. The van der Waals surface area contributed by atoms with Crippen LogP contribution >= 0.6 is 0 Å². The van der Waals surface area contributed by atoms with Gasteiger partial charge in [0.15, 0.2) is 5.78 Å². The van der Waals surface area contributed by atoms with Crippen molar-refractivity contribution in [2.45, 2.75) is 13.8 Å². The molecule has 0 aliphatic carbocycles. The Morgan fingerprint density at radius 3 is 2.45 bits per heavy atom. The van der Waals surface area contributed by atoms with Crippen LogP contribution in [-0.4, -0.2) is 65.4 Å². The summed E-state index contributed by atoms with van der Waals surface area (Å²) in [5.41, 5.74) is 1.83. The fraction of sp³-hybridized carbons (Fsp3) is 0.333. The number of rotatable bonds is 5. The van der Waals surface area contributed by atoms with Gasteiger partial charge in [-0.05, 0) is 38.1 Å². The van der Waals surface area contributed by atoms with Gasteiger partial charge in [0.05, 0.1) is 6.61 Å². The van der Waals surface area contributed by atoms with Crippen LogP contribution < -0.4 is 5.32 Å². The second-order valence-corrected chi connectivity index (χ2v) is 6.67. The van der Waals surface area contributed by atoms with Crippen LogP contribution in [0.25, 0.3) is 0 Å². The number of hydrogen-bond donors (Lipinski definition) is 1. The Bertz CT molecular complexity index is 907. The zero-order valence-corrected chi connectivity index (χ0v) is 16.6. The summed E-state index contributed by atoms with van der Waals surface area (Å²) in [6.45, 7) is 5.39. The predicted octanol–water partition coefficient (Wildman–Crippen LogP) is 2.94. The number of amides is 2. The topological polar surface area (TPSA) is 91.8 Å². The lowest BCUT2D eigenvalue weighted by Gasteiger charge is -2.34. The molecule has 1 fully saturated rings. The van der Waals surface area contributed by atoms with E-state index in [0.717, 1.165) is 5.69 Å². The monoisotopic (exact) mass is 396 g/mol. The number of nitrogens with one attached hydrogen (secondary N) is 1.